The maximum absolute atomic E-state index is 11.8. The zero-order valence-electron chi connectivity index (χ0n) is 9.63. The monoisotopic (exact) mass is 272 g/mol. The van der Waals surface area contributed by atoms with Crippen LogP contribution in [0.3, 0.4) is 0 Å². The van der Waals surface area contributed by atoms with Crippen molar-refractivity contribution >= 4 is 17.3 Å². The molecule has 1 aromatic carbocycles. The minimum atomic E-state index is -0.371. The van der Waals surface area contributed by atoms with Gasteiger partial charge in [-0.25, -0.2) is 9.48 Å². The Bertz CT molecular complexity index is 680. The highest BCUT2D eigenvalue weighted by Crippen LogP contribution is 2.18. The molecule has 0 radical (unpaired) electrons. The van der Waals surface area contributed by atoms with Gasteiger partial charge in [0.2, 0.25) is 0 Å². The molecule has 0 aliphatic heterocycles. The van der Waals surface area contributed by atoms with Crippen molar-refractivity contribution in [3.05, 3.63) is 53.0 Å². The summed E-state index contributed by atoms with van der Waals surface area (Å²) in [5.41, 5.74) is 0.724. The Morgan fingerprint density at radius 3 is 2.95 bits per heavy atom. The number of rotatable bonds is 3. The number of carbonyl (C=O) groups excluding carboxylic acids is 1. The van der Waals surface area contributed by atoms with Gasteiger partial charge in [0.05, 0.1) is 5.69 Å². The van der Waals surface area contributed by atoms with E-state index >= 15 is 0 Å². The number of esters is 1. The minimum absolute atomic E-state index is 0.371. The van der Waals surface area contributed by atoms with E-state index in [2.05, 4.69) is 15.5 Å². The SMILES string of the molecule is O=C(Oc1cccc(-n2cnnn2)c1)c1cccs1. The predicted octanol–water partition coefficient (Wildman–Crippen LogP) is 1.94. The number of carbonyl (C=O) groups is 1. The van der Waals surface area contributed by atoms with Crippen LogP contribution in [0.4, 0.5) is 0 Å². The van der Waals surface area contributed by atoms with Crippen LogP contribution in [0.1, 0.15) is 9.67 Å². The third-order valence-corrected chi connectivity index (χ3v) is 3.21. The van der Waals surface area contributed by atoms with Crippen molar-refractivity contribution in [2.75, 3.05) is 0 Å². The number of benzene rings is 1. The van der Waals surface area contributed by atoms with Crippen molar-refractivity contribution in [3.8, 4) is 11.4 Å². The molecular weight excluding hydrogens is 264 g/mol. The van der Waals surface area contributed by atoms with Gasteiger partial charge in [-0.05, 0) is 34.0 Å². The Morgan fingerprint density at radius 2 is 2.21 bits per heavy atom. The minimum Gasteiger partial charge on any atom is -0.422 e. The molecule has 0 aliphatic rings. The van der Waals surface area contributed by atoms with E-state index < -0.39 is 0 Å². The number of hydrogen-bond donors (Lipinski definition) is 0. The van der Waals surface area contributed by atoms with E-state index in [1.165, 1.54) is 22.3 Å². The maximum atomic E-state index is 11.8. The first-order valence-corrected chi connectivity index (χ1v) is 6.30. The highest BCUT2D eigenvalue weighted by Gasteiger charge is 2.10. The summed E-state index contributed by atoms with van der Waals surface area (Å²) in [6, 6.07) is 10.5. The quantitative estimate of drug-likeness (QED) is 0.538. The maximum Gasteiger partial charge on any atom is 0.353 e. The molecule has 3 rings (SSSR count). The van der Waals surface area contributed by atoms with Crippen molar-refractivity contribution in [2.24, 2.45) is 0 Å². The summed E-state index contributed by atoms with van der Waals surface area (Å²) in [4.78, 5) is 12.4. The van der Waals surface area contributed by atoms with Crippen molar-refractivity contribution in [1.82, 2.24) is 20.2 Å². The Kier molecular flexibility index (Phi) is 3.03. The lowest BCUT2D eigenvalue weighted by molar-refractivity contribution is 0.0740. The van der Waals surface area contributed by atoms with Gasteiger partial charge >= 0.3 is 5.97 Å². The van der Waals surface area contributed by atoms with Gasteiger partial charge in [0.25, 0.3) is 0 Å². The molecule has 6 nitrogen and oxygen atoms in total. The smallest absolute Gasteiger partial charge is 0.353 e. The Morgan fingerprint density at radius 1 is 1.26 bits per heavy atom. The third-order valence-electron chi connectivity index (χ3n) is 2.36. The van der Waals surface area contributed by atoms with Crippen molar-refractivity contribution in [1.29, 1.82) is 0 Å². The van der Waals surface area contributed by atoms with Gasteiger partial charge < -0.3 is 4.74 Å². The highest BCUT2D eigenvalue weighted by atomic mass is 32.1. The first-order valence-electron chi connectivity index (χ1n) is 5.42. The fraction of sp³-hybridized carbons (Fsp3) is 0. The molecule has 0 N–H and O–H groups in total. The van der Waals surface area contributed by atoms with E-state index in [0.29, 0.717) is 10.6 Å². The number of hydrogen-bond acceptors (Lipinski definition) is 6. The lowest BCUT2D eigenvalue weighted by atomic mass is 10.3. The predicted molar refractivity (Wildman–Crippen MR) is 68.4 cm³/mol. The van der Waals surface area contributed by atoms with Gasteiger partial charge in [0, 0.05) is 6.07 Å². The zero-order chi connectivity index (χ0) is 13.1. The molecule has 0 bridgehead atoms. The summed E-state index contributed by atoms with van der Waals surface area (Å²) in [7, 11) is 0. The average Bonchev–Trinajstić information content (AvgIpc) is 3.13. The number of nitrogens with zero attached hydrogens (tertiary/aromatic N) is 4. The largest absolute Gasteiger partial charge is 0.422 e. The second-order valence-corrected chi connectivity index (χ2v) is 4.57. The molecule has 0 unspecified atom stereocenters. The highest BCUT2D eigenvalue weighted by molar-refractivity contribution is 7.12. The van der Waals surface area contributed by atoms with Crippen molar-refractivity contribution in [2.45, 2.75) is 0 Å². The molecule has 0 saturated carbocycles. The van der Waals surface area contributed by atoms with Crippen LogP contribution in [0.25, 0.3) is 5.69 Å². The lowest BCUT2D eigenvalue weighted by Crippen LogP contribution is -2.06. The van der Waals surface area contributed by atoms with Gasteiger partial charge in [-0.3, -0.25) is 0 Å². The fourth-order valence-corrected chi connectivity index (χ4v) is 2.12. The summed E-state index contributed by atoms with van der Waals surface area (Å²) in [6.45, 7) is 0. The van der Waals surface area contributed by atoms with E-state index in [1.807, 2.05) is 11.4 Å². The average molecular weight is 272 g/mol. The summed E-state index contributed by atoms with van der Waals surface area (Å²) < 4.78 is 6.78. The third kappa shape index (κ3) is 2.50. The summed E-state index contributed by atoms with van der Waals surface area (Å²) in [6.07, 6.45) is 1.47. The summed E-state index contributed by atoms with van der Waals surface area (Å²) >= 11 is 1.34. The number of tetrazole rings is 1. The van der Waals surface area contributed by atoms with Crippen LogP contribution >= 0.6 is 11.3 Å². The molecule has 2 heterocycles. The number of thiophene rings is 1. The van der Waals surface area contributed by atoms with Crippen molar-refractivity contribution < 1.29 is 9.53 Å². The van der Waals surface area contributed by atoms with Crippen LogP contribution in [0, 0.1) is 0 Å². The van der Waals surface area contributed by atoms with Crippen molar-refractivity contribution in [3.63, 3.8) is 0 Å². The topological polar surface area (TPSA) is 69.9 Å². The molecule has 19 heavy (non-hydrogen) atoms. The zero-order valence-corrected chi connectivity index (χ0v) is 10.4. The molecule has 0 spiro atoms. The van der Waals surface area contributed by atoms with Crippen LogP contribution in [-0.4, -0.2) is 26.2 Å². The van der Waals surface area contributed by atoms with E-state index in [0.717, 1.165) is 5.69 Å². The second kappa shape index (κ2) is 4.99. The molecular formula is C12H8N4O2S. The van der Waals surface area contributed by atoms with Gasteiger partial charge in [-0.15, -0.1) is 16.4 Å². The summed E-state index contributed by atoms with van der Waals surface area (Å²) in [5, 5.41) is 12.7. The van der Waals surface area contributed by atoms with Crippen LogP contribution in [0.15, 0.2) is 48.1 Å². The Balaban J connectivity index is 1.82. The van der Waals surface area contributed by atoms with Gasteiger partial charge in [0.15, 0.2) is 0 Å². The van der Waals surface area contributed by atoms with Crippen LogP contribution in [0.5, 0.6) is 5.75 Å². The van der Waals surface area contributed by atoms with Crippen LogP contribution < -0.4 is 4.74 Å². The number of ether oxygens (including phenoxy) is 1. The number of aromatic nitrogens is 4. The van der Waals surface area contributed by atoms with Crippen LogP contribution in [-0.2, 0) is 0 Å². The lowest BCUT2D eigenvalue weighted by Gasteiger charge is -2.04. The van der Waals surface area contributed by atoms with Gasteiger partial charge in [-0.2, -0.15) is 0 Å². The molecule has 0 saturated heterocycles. The van der Waals surface area contributed by atoms with E-state index in [-0.39, 0.29) is 5.97 Å². The molecule has 0 aliphatic carbocycles. The van der Waals surface area contributed by atoms with E-state index in [9.17, 15) is 4.79 Å². The molecule has 0 atom stereocenters. The normalized spacial score (nSPS) is 10.3. The second-order valence-electron chi connectivity index (χ2n) is 3.62. The molecule has 2 aromatic heterocycles. The molecule has 94 valence electrons. The molecule has 3 aromatic rings. The Hall–Kier alpha value is -2.54. The van der Waals surface area contributed by atoms with Crippen LogP contribution in [0.2, 0.25) is 0 Å². The van der Waals surface area contributed by atoms with Gasteiger partial charge in [-0.1, -0.05) is 12.1 Å². The van der Waals surface area contributed by atoms with E-state index in [4.69, 9.17) is 4.74 Å². The van der Waals surface area contributed by atoms with E-state index in [1.54, 1.807) is 30.3 Å². The standard InChI is InChI=1S/C12H8N4O2S/c17-12(11-5-2-6-19-11)18-10-4-1-3-9(7-10)16-8-13-14-15-16/h1-8H. The Labute approximate surface area is 112 Å². The fourth-order valence-electron chi connectivity index (χ4n) is 1.52. The molecule has 0 fully saturated rings. The van der Waals surface area contributed by atoms with Gasteiger partial charge in [0.1, 0.15) is 17.0 Å². The first-order chi connectivity index (χ1) is 9.33. The molecule has 7 heteroatoms. The summed E-state index contributed by atoms with van der Waals surface area (Å²) in [5.74, 6) is 0.0789. The molecule has 0 amide bonds. The first kappa shape index (κ1) is 11.5.